The third-order valence-electron chi connectivity index (χ3n) is 2.76. The summed E-state index contributed by atoms with van der Waals surface area (Å²) in [6, 6.07) is 13.3. The van der Waals surface area contributed by atoms with Crippen LogP contribution in [0.2, 0.25) is 5.02 Å². The largest absolute Gasteiger partial charge is 0.380 e. The van der Waals surface area contributed by atoms with Crippen LogP contribution in [-0.4, -0.2) is 4.92 Å². The molecule has 0 atom stereocenters. The molecule has 0 unspecified atom stereocenters. The summed E-state index contributed by atoms with van der Waals surface area (Å²) in [5.41, 5.74) is 1.58. The Morgan fingerprint density at radius 1 is 1.30 bits per heavy atom. The quantitative estimate of drug-likeness (QED) is 0.686. The van der Waals surface area contributed by atoms with Crippen molar-refractivity contribution in [2.75, 3.05) is 5.32 Å². The van der Waals surface area contributed by atoms with E-state index in [1.807, 2.05) is 6.07 Å². The summed E-state index contributed by atoms with van der Waals surface area (Å²) in [4.78, 5) is 10.5. The molecular weight excluding hydrogens is 278 g/mol. The molecule has 6 heteroatoms. The number of anilines is 1. The second kappa shape index (κ2) is 6.04. The van der Waals surface area contributed by atoms with E-state index in [4.69, 9.17) is 16.9 Å². The van der Waals surface area contributed by atoms with Crippen molar-refractivity contribution in [3.05, 3.63) is 68.7 Å². The molecule has 0 fully saturated rings. The zero-order chi connectivity index (χ0) is 14.5. The van der Waals surface area contributed by atoms with Crippen LogP contribution in [0.4, 0.5) is 11.4 Å². The van der Waals surface area contributed by atoms with Crippen LogP contribution in [-0.2, 0) is 6.54 Å². The molecule has 0 radical (unpaired) electrons. The average Bonchev–Trinajstić information content (AvgIpc) is 2.45. The van der Waals surface area contributed by atoms with Crippen LogP contribution in [0.1, 0.15) is 11.1 Å². The molecular formula is C14H10ClN3O2. The van der Waals surface area contributed by atoms with Crippen molar-refractivity contribution in [3.8, 4) is 6.07 Å². The number of benzene rings is 2. The third-order valence-corrected chi connectivity index (χ3v) is 2.99. The van der Waals surface area contributed by atoms with Crippen LogP contribution in [0.3, 0.4) is 0 Å². The molecule has 0 aliphatic rings. The number of nitriles is 1. The molecule has 0 aromatic heterocycles. The predicted octanol–water partition coefficient (Wildman–Crippen LogP) is 3.73. The molecule has 2 aromatic rings. The van der Waals surface area contributed by atoms with E-state index in [0.29, 0.717) is 21.8 Å². The van der Waals surface area contributed by atoms with E-state index in [0.717, 1.165) is 0 Å². The smallest absolute Gasteiger partial charge is 0.274 e. The van der Waals surface area contributed by atoms with E-state index >= 15 is 0 Å². The lowest BCUT2D eigenvalue weighted by atomic mass is 10.1. The number of hydrogen-bond acceptors (Lipinski definition) is 4. The minimum atomic E-state index is -0.430. The molecule has 0 amide bonds. The van der Waals surface area contributed by atoms with Crippen LogP contribution >= 0.6 is 11.6 Å². The first-order valence-electron chi connectivity index (χ1n) is 5.77. The highest BCUT2D eigenvalue weighted by Gasteiger charge is 2.12. The molecule has 0 spiro atoms. The summed E-state index contributed by atoms with van der Waals surface area (Å²) in [6.45, 7) is 0.242. The van der Waals surface area contributed by atoms with Gasteiger partial charge in [-0.1, -0.05) is 29.8 Å². The van der Waals surface area contributed by atoms with Crippen molar-refractivity contribution in [1.29, 1.82) is 5.26 Å². The number of nitro benzene ring substituents is 1. The van der Waals surface area contributed by atoms with Gasteiger partial charge < -0.3 is 5.32 Å². The number of rotatable bonds is 4. The molecule has 0 heterocycles. The van der Waals surface area contributed by atoms with Gasteiger partial charge in [0.15, 0.2) is 0 Å². The Hall–Kier alpha value is -2.58. The summed E-state index contributed by atoms with van der Waals surface area (Å²) in [7, 11) is 0. The van der Waals surface area contributed by atoms with Crippen LogP contribution in [0, 0.1) is 21.4 Å². The van der Waals surface area contributed by atoms with Crippen molar-refractivity contribution in [2.45, 2.75) is 6.54 Å². The first-order valence-corrected chi connectivity index (χ1v) is 6.15. The Balaban J connectivity index is 2.24. The minimum absolute atomic E-state index is 0.0422. The summed E-state index contributed by atoms with van der Waals surface area (Å²) in [6.07, 6.45) is 0. The van der Waals surface area contributed by atoms with Gasteiger partial charge in [-0.25, -0.2) is 0 Å². The van der Waals surface area contributed by atoms with Crippen LogP contribution in [0.25, 0.3) is 0 Å². The van der Waals surface area contributed by atoms with Crippen molar-refractivity contribution in [1.82, 2.24) is 0 Å². The zero-order valence-electron chi connectivity index (χ0n) is 10.3. The maximum absolute atomic E-state index is 10.9. The van der Waals surface area contributed by atoms with Gasteiger partial charge in [0, 0.05) is 23.2 Å². The first-order chi connectivity index (χ1) is 9.61. The summed E-state index contributed by atoms with van der Waals surface area (Å²) in [5.74, 6) is 0. The fraction of sp³-hybridized carbons (Fsp3) is 0.0714. The monoisotopic (exact) mass is 287 g/mol. The molecule has 1 N–H and O–H groups in total. The maximum Gasteiger partial charge on any atom is 0.274 e. The van der Waals surface area contributed by atoms with E-state index in [1.165, 1.54) is 6.07 Å². The second-order valence-electron chi connectivity index (χ2n) is 4.04. The highest BCUT2D eigenvalue weighted by molar-refractivity contribution is 6.30. The lowest BCUT2D eigenvalue weighted by Crippen LogP contribution is -2.04. The molecule has 0 saturated heterocycles. The average molecular weight is 288 g/mol. The third kappa shape index (κ3) is 3.05. The highest BCUT2D eigenvalue weighted by Crippen LogP contribution is 2.23. The number of hydrogen-bond donors (Lipinski definition) is 1. The molecule has 0 saturated carbocycles. The standard InChI is InChI=1S/C14H10ClN3O2/c15-12-6-5-10(8-16)13(7-12)17-9-11-3-1-2-4-14(11)18(19)20/h1-7,17H,9H2. The van der Waals surface area contributed by atoms with Crippen molar-refractivity contribution >= 4 is 23.0 Å². The number of para-hydroxylation sites is 1. The van der Waals surface area contributed by atoms with Gasteiger partial charge in [0.25, 0.3) is 5.69 Å². The van der Waals surface area contributed by atoms with E-state index in [1.54, 1.807) is 36.4 Å². The summed E-state index contributed by atoms with van der Waals surface area (Å²) >= 11 is 5.88. The van der Waals surface area contributed by atoms with Gasteiger partial charge in [0.05, 0.1) is 16.2 Å². The normalized spacial score (nSPS) is 9.80. The molecule has 0 aliphatic carbocycles. The first kappa shape index (κ1) is 13.8. The van der Waals surface area contributed by atoms with Gasteiger partial charge in [-0.2, -0.15) is 5.26 Å². The van der Waals surface area contributed by atoms with E-state index in [-0.39, 0.29) is 12.2 Å². The predicted molar refractivity (Wildman–Crippen MR) is 76.6 cm³/mol. The molecule has 100 valence electrons. The Bertz CT molecular complexity index is 695. The van der Waals surface area contributed by atoms with Crippen molar-refractivity contribution in [2.24, 2.45) is 0 Å². The summed E-state index contributed by atoms with van der Waals surface area (Å²) in [5, 5.41) is 23.4. The zero-order valence-corrected chi connectivity index (χ0v) is 11.1. The number of halogens is 1. The van der Waals surface area contributed by atoms with Gasteiger partial charge in [-0.3, -0.25) is 10.1 Å². The lowest BCUT2D eigenvalue weighted by molar-refractivity contribution is -0.385. The Kier molecular flexibility index (Phi) is 4.18. The van der Waals surface area contributed by atoms with Crippen molar-refractivity contribution in [3.63, 3.8) is 0 Å². The van der Waals surface area contributed by atoms with Crippen LogP contribution in [0.15, 0.2) is 42.5 Å². The molecule has 5 nitrogen and oxygen atoms in total. The Morgan fingerprint density at radius 2 is 2.05 bits per heavy atom. The van der Waals surface area contributed by atoms with E-state index < -0.39 is 4.92 Å². The number of nitro groups is 1. The SMILES string of the molecule is N#Cc1ccc(Cl)cc1NCc1ccccc1[N+](=O)[O-]. The summed E-state index contributed by atoms with van der Waals surface area (Å²) < 4.78 is 0. The molecule has 2 rings (SSSR count). The van der Waals surface area contributed by atoms with E-state index in [2.05, 4.69) is 5.32 Å². The number of nitrogens with one attached hydrogen (secondary N) is 1. The topological polar surface area (TPSA) is 79.0 Å². The lowest BCUT2D eigenvalue weighted by Gasteiger charge is -2.09. The molecule has 0 bridgehead atoms. The van der Waals surface area contributed by atoms with Crippen LogP contribution < -0.4 is 5.32 Å². The number of nitrogens with zero attached hydrogens (tertiary/aromatic N) is 2. The van der Waals surface area contributed by atoms with Crippen molar-refractivity contribution < 1.29 is 4.92 Å². The molecule has 2 aromatic carbocycles. The fourth-order valence-corrected chi connectivity index (χ4v) is 1.96. The molecule has 20 heavy (non-hydrogen) atoms. The van der Waals surface area contributed by atoms with Gasteiger partial charge >= 0.3 is 0 Å². The maximum atomic E-state index is 10.9. The molecule has 0 aliphatic heterocycles. The van der Waals surface area contributed by atoms with Crippen LogP contribution in [0.5, 0.6) is 0 Å². The van der Waals surface area contributed by atoms with Gasteiger partial charge in [0.1, 0.15) is 6.07 Å². The minimum Gasteiger partial charge on any atom is -0.380 e. The Labute approximate surface area is 120 Å². The highest BCUT2D eigenvalue weighted by atomic mass is 35.5. The van der Waals surface area contributed by atoms with Gasteiger partial charge in [-0.15, -0.1) is 0 Å². The van der Waals surface area contributed by atoms with Gasteiger partial charge in [-0.05, 0) is 18.2 Å². The second-order valence-corrected chi connectivity index (χ2v) is 4.48. The fourth-order valence-electron chi connectivity index (χ4n) is 1.79. The van der Waals surface area contributed by atoms with Gasteiger partial charge in [0.2, 0.25) is 0 Å². The van der Waals surface area contributed by atoms with E-state index in [9.17, 15) is 10.1 Å². The Morgan fingerprint density at radius 3 is 2.75 bits per heavy atom.